The van der Waals surface area contributed by atoms with Gasteiger partial charge in [0, 0.05) is 0 Å². The van der Waals surface area contributed by atoms with E-state index in [0.29, 0.717) is 5.92 Å². The first kappa shape index (κ1) is 17.4. The van der Waals surface area contributed by atoms with E-state index in [0.717, 1.165) is 31.3 Å². The van der Waals surface area contributed by atoms with E-state index in [1.54, 1.807) is 0 Å². The van der Waals surface area contributed by atoms with Gasteiger partial charge >= 0.3 is 0 Å². The summed E-state index contributed by atoms with van der Waals surface area (Å²) >= 11 is 0. The van der Waals surface area contributed by atoms with Gasteiger partial charge in [-0.1, -0.05) is 74.2 Å². The topological polar surface area (TPSA) is 35.0 Å². The van der Waals surface area contributed by atoms with Gasteiger partial charge in [0.05, 0.1) is 0 Å². The maximum Gasteiger partial charge on any atom is -0.0194 e. The van der Waals surface area contributed by atoms with Crippen molar-refractivity contribution in [3.8, 4) is 0 Å². The minimum atomic E-state index is 0. The molecule has 0 heterocycles. The standard InChI is InChI=1S/C18H24.H3N/c1-5-15(2)10-9-11-16(3)17(4)14-18-12-7-6-8-13-18;/h5-8,12-13,17H,1-3,9-11,14H2,4H3;1H3/t17-;/m0./s1. The van der Waals surface area contributed by atoms with Gasteiger partial charge in [0.15, 0.2) is 0 Å². The van der Waals surface area contributed by atoms with Crippen LogP contribution in [-0.2, 0) is 6.42 Å². The van der Waals surface area contributed by atoms with Crippen LogP contribution in [0.5, 0.6) is 0 Å². The summed E-state index contributed by atoms with van der Waals surface area (Å²) in [6, 6.07) is 10.6. The molecule has 0 aliphatic heterocycles. The Kier molecular flexibility index (Phi) is 8.56. The molecule has 0 aliphatic carbocycles. The molecule has 0 saturated carbocycles. The van der Waals surface area contributed by atoms with Crippen LogP contribution >= 0.6 is 0 Å². The van der Waals surface area contributed by atoms with Gasteiger partial charge in [-0.2, -0.15) is 0 Å². The predicted molar refractivity (Wildman–Crippen MR) is 86.7 cm³/mol. The van der Waals surface area contributed by atoms with E-state index in [1.807, 2.05) is 6.08 Å². The number of benzene rings is 1. The highest BCUT2D eigenvalue weighted by molar-refractivity contribution is 5.17. The van der Waals surface area contributed by atoms with Crippen molar-refractivity contribution in [1.29, 1.82) is 0 Å². The SMILES string of the molecule is C=CC(=C)CCCC(=C)[C@@H](C)Cc1ccccc1.N. The molecule has 0 aliphatic rings. The van der Waals surface area contributed by atoms with E-state index in [4.69, 9.17) is 0 Å². The lowest BCUT2D eigenvalue weighted by atomic mass is 9.91. The van der Waals surface area contributed by atoms with Gasteiger partial charge in [-0.05, 0) is 37.2 Å². The van der Waals surface area contributed by atoms with Gasteiger partial charge in [0.25, 0.3) is 0 Å². The van der Waals surface area contributed by atoms with Crippen LogP contribution in [0.4, 0.5) is 0 Å². The highest BCUT2D eigenvalue weighted by atomic mass is 14.1. The average Bonchev–Trinajstić information content (AvgIpc) is 2.39. The van der Waals surface area contributed by atoms with E-state index in [-0.39, 0.29) is 6.15 Å². The quantitative estimate of drug-likeness (QED) is 0.484. The Labute approximate surface area is 118 Å². The molecule has 1 atom stereocenters. The fraction of sp³-hybridized carbons (Fsp3) is 0.333. The van der Waals surface area contributed by atoms with Crippen molar-refractivity contribution < 1.29 is 0 Å². The Morgan fingerprint density at radius 1 is 1.16 bits per heavy atom. The van der Waals surface area contributed by atoms with Crippen molar-refractivity contribution in [1.82, 2.24) is 6.15 Å². The summed E-state index contributed by atoms with van der Waals surface area (Å²) < 4.78 is 0. The van der Waals surface area contributed by atoms with Crippen LogP contribution in [0.3, 0.4) is 0 Å². The summed E-state index contributed by atoms with van der Waals surface area (Å²) in [4.78, 5) is 0. The molecule has 1 rings (SSSR count). The molecule has 104 valence electrons. The number of allylic oxidation sites excluding steroid dienone is 3. The summed E-state index contributed by atoms with van der Waals surface area (Å²) in [6.45, 7) is 14.1. The van der Waals surface area contributed by atoms with E-state index in [1.165, 1.54) is 11.1 Å². The zero-order valence-corrected chi connectivity index (χ0v) is 12.2. The Morgan fingerprint density at radius 3 is 2.37 bits per heavy atom. The van der Waals surface area contributed by atoms with Crippen molar-refractivity contribution in [3.63, 3.8) is 0 Å². The van der Waals surface area contributed by atoms with Crippen molar-refractivity contribution in [2.45, 2.75) is 32.6 Å². The molecule has 1 aromatic rings. The van der Waals surface area contributed by atoms with Crippen LogP contribution in [0.15, 0.2) is 67.3 Å². The van der Waals surface area contributed by atoms with Crippen LogP contribution in [0, 0.1) is 5.92 Å². The molecule has 19 heavy (non-hydrogen) atoms. The minimum absolute atomic E-state index is 0. The lowest BCUT2D eigenvalue weighted by molar-refractivity contribution is 0.629. The molecular weight excluding hydrogens is 230 g/mol. The molecule has 0 amide bonds. The van der Waals surface area contributed by atoms with Crippen molar-refractivity contribution >= 4 is 0 Å². The Bertz CT molecular complexity index is 403. The van der Waals surface area contributed by atoms with Gasteiger partial charge in [-0.15, -0.1) is 0 Å². The van der Waals surface area contributed by atoms with Crippen LogP contribution in [-0.4, -0.2) is 0 Å². The number of hydrogen-bond donors (Lipinski definition) is 1. The normalized spacial score (nSPS) is 11.2. The van der Waals surface area contributed by atoms with Crippen molar-refractivity contribution in [2.75, 3.05) is 0 Å². The second kappa shape index (κ2) is 9.35. The summed E-state index contributed by atoms with van der Waals surface area (Å²) in [5, 5.41) is 0. The summed E-state index contributed by atoms with van der Waals surface area (Å²) in [5.41, 5.74) is 3.86. The van der Waals surface area contributed by atoms with Crippen LogP contribution in [0.25, 0.3) is 0 Å². The van der Waals surface area contributed by atoms with E-state index in [2.05, 4.69) is 57.0 Å². The number of rotatable bonds is 8. The van der Waals surface area contributed by atoms with Gasteiger partial charge in [0.1, 0.15) is 0 Å². The minimum Gasteiger partial charge on any atom is -0.344 e. The van der Waals surface area contributed by atoms with Gasteiger partial charge in [-0.25, -0.2) is 0 Å². The summed E-state index contributed by atoms with van der Waals surface area (Å²) in [5.74, 6) is 0.546. The Hall–Kier alpha value is -1.60. The monoisotopic (exact) mass is 257 g/mol. The molecular formula is C18H27N. The van der Waals surface area contributed by atoms with Crippen LogP contribution in [0.2, 0.25) is 0 Å². The van der Waals surface area contributed by atoms with E-state index < -0.39 is 0 Å². The second-order valence-corrected chi connectivity index (χ2v) is 4.96. The first-order valence-electron chi connectivity index (χ1n) is 6.65. The molecule has 0 saturated heterocycles. The first-order valence-corrected chi connectivity index (χ1v) is 6.65. The third kappa shape index (κ3) is 6.78. The van der Waals surface area contributed by atoms with Gasteiger partial charge in [-0.3, -0.25) is 0 Å². The lowest BCUT2D eigenvalue weighted by Gasteiger charge is -2.15. The molecule has 0 aromatic heterocycles. The maximum absolute atomic E-state index is 4.22. The smallest absolute Gasteiger partial charge is 0.0194 e. The average molecular weight is 257 g/mol. The largest absolute Gasteiger partial charge is 0.344 e. The third-order valence-corrected chi connectivity index (χ3v) is 3.37. The van der Waals surface area contributed by atoms with E-state index in [9.17, 15) is 0 Å². The summed E-state index contributed by atoms with van der Waals surface area (Å²) in [7, 11) is 0. The molecule has 0 unspecified atom stereocenters. The molecule has 0 bridgehead atoms. The highest BCUT2D eigenvalue weighted by Gasteiger charge is 2.07. The molecule has 1 nitrogen and oxygen atoms in total. The van der Waals surface area contributed by atoms with Gasteiger partial charge < -0.3 is 6.15 Å². The maximum atomic E-state index is 4.22. The fourth-order valence-electron chi connectivity index (χ4n) is 2.00. The lowest BCUT2D eigenvalue weighted by Crippen LogP contribution is -2.03. The molecule has 1 aromatic carbocycles. The predicted octanol–water partition coefficient (Wildman–Crippen LogP) is 5.50. The molecule has 0 radical (unpaired) electrons. The number of hydrogen-bond acceptors (Lipinski definition) is 1. The van der Waals surface area contributed by atoms with E-state index >= 15 is 0 Å². The Morgan fingerprint density at radius 2 is 1.79 bits per heavy atom. The molecule has 1 heteroatoms. The molecule has 0 spiro atoms. The Balaban J connectivity index is 0.00000324. The fourth-order valence-corrected chi connectivity index (χ4v) is 2.00. The second-order valence-electron chi connectivity index (χ2n) is 4.96. The van der Waals surface area contributed by atoms with Crippen molar-refractivity contribution in [3.05, 3.63) is 72.9 Å². The van der Waals surface area contributed by atoms with Crippen LogP contribution < -0.4 is 6.15 Å². The first-order chi connectivity index (χ1) is 8.63. The summed E-state index contributed by atoms with van der Waals surface area (Å²) in [6.07, 6.45) is 6.17. The molecule has 3 N–H and O–H groups in total. The third-order valence-electron chi connectivity index (χ3n) is 3.37. The molecule has 0 fully saturated rings. The van der Waals surface area contributed by atoms with Crippen LogP contribution in [0.1, 0.15) is 31.7 Å². The van der Waals surface area contributed by atoms with Crippen molar-refractivity contribution in [2.24, 2.45) is 5.92 Å². The zero-order valence-electron chi connectivity index (χ0n) is 12.2. The zero-order chi connectivity index (χ0) is 13.4. The van der Waals surface area contributed by atoms with Gasteiger partial charge in [0.2, 0.25) is 0 Å². The highest BCUT2D eigenvalue weighted by Crippen LogP contribution is 2.21.